The van der Waals surface area contributed by atoms with E-state index in [1.807, 2.05) is 0 Å². The summed E-state index contributed by atoms with van der Waals surface area (Å²) in [7, 11) is -2.98. The van der Waals surface area contributed by atoms with E-state index in [9.17, 15) is 13.2 Å². The third-order valence-corrected chi connectivity index (χ3v) is 3.29. The summed E-state index contributed by atoms with van der Waals surface area (Å²) in [5.74, 6) is 0.279. The first-order chi connectivity index (χ1) is 6.89. The molecule has 1 aromatic carbocycles. The maximum Gasteiger partial charge on any atom is 0.427 e. The molecular weight excluding hydrogens is 244 g/mol. The van der Waals surface area contributed by atoms with E-state index in [1.165, 1.54) is 13.2 Å². The van der Waals surface area contributed by atoms with Crippen LogP contribution in [0.4, 0.5) is 4.79 Å². The molecule has 1 rings (SSSR count). The minimum Gasteiger partial charge on any atom is -0.495 e. The molecule has 0 saturated heterocycles. The molecule has 1 N–H and O–H groups in total. The topological polar surface area (TPSA) is 80.7 Å². The Labute approximate surface area is 91.2 Å². The number of rotatable bonds is 2. The monoisotopic (exact) mass is 250 g/mol. The van der Waals surface area contributed by atoms with Crippen LogP contribution < -0.4 is 4.74 Å². The van der Waals surface area contributed by atoms with Crippen molar-refractivity contribution in [1.82, 2.24) is 0 Å². The van der Waals surface area contributed by atoms with Crippen LogP contribution in [0.2, 0.25) is 5.02 Å². The highest BCUT2D eigenvalue weighted by molar-refractivity contribution is 8.05. The lowest BCUT2D eigenvalue weighted by Gasteiger charge is -2.04. The van der Waals surface area contributed by atoms with Crippen LogP contribution >= 0.6 is 11.6 Å². The van der Waals surface area contributed by atoms with Crippen molar-refractivity contribution in [3.05, 3.63) is 23.2 Å². The highest BCUT2D eigenvalue weighted by Crippen LogP contribution is 2.27. The molecule has 0 amide bonds. The van der Waals surface area contributed by atoms with Crippen molar-refractivity contribution >= 4 is 26.7 Å². The molecule has 0 heterocycles. The first kappa shape index (κ1) is 11.8. The van der Waals surface area contributed by atoms with E-state index in [4.69, 9.17) is 21.4 Å². The fourth-order valence-corrected chi connectivity index (χ4v) is 1.96. The smallest absolute Gasteiger partial charge is 0.427 e. The summed E-state index contributed by atoms with van der Waals surface area (Å²) in [6.07, 6.45) is 0. The predicted molar refractivity (Wildman–Crippen MR) is 53.2 cm³/mol. The Balaban J connectivity index is 3.31. The van der Waals surface area contributed by atoms with E-state index >= 15 is 0 Å². The van der Waals surface area contributed by atoms with E-state index in [2.05, 4.69) is 0 Å². The van der Waals surface area contributed by atoms with Gasteiger partial charge in [0, 0.05) is 0 Å². The Kier molecular flexibility index (Phi) is 3.21. The average molecular weight is 251 g/mol. The fraction of sp³-hybridized carbons (Fsp3) is 0.125. The van der Waals surface area contributed by atoms with Gasteiger partial charge in [-0.15, -0.1) is 0 Å². The lowest BCUT2D eigenvalue weighted by molar-refractivity contribution is 0.219. The summed E-state index contributed by atoms with van der Waals surface area (Å²) in [5.41, 5.74) is 0. The van der Waals surface area contributed by atoms with E-state index in [0.29, 0.717) is 0 Å². The lowest BCUT2D eigenvalue weighted by Crippen LogP contribution is -2.11. The minimum atomic E-state index is -4.35. The molecule has 7 heteroatoms. The van der Waals surface area contributed by atoms with Gasteiger partial charge in [-0.25, -0.2) is 13.2 Å². The van der Waals surface area contributed by atoms with Crippen LogP contribution in [0.5, 0.6) is 5.75 Å². The van der Waals surface area contributed by atoms with Gasteiger partial charge in [-0.05, 0) is 18.2 Å². The van der Waals surface area contributed by atoms with E-state index in [0.717, 1.165) is 12.1 Å². The number of sulfone groups is 1. The second-order valence-corrected chi connectivity index (χ2v) is 4.80. The van der Waals surface area contributed by atoms with Crippen molar-refractivity contribution in [2.75, 3.05) is 7.11 Å². The maximum absolute atomic E-state index is 11.2. The Morgan fingerprint density at radius 1 is 1.47 bits per heavy atom. The molecule has 0 aliphatic rings. The number of hydrogen-bond donors (Lipinski definition) is 1. The van der Waals surface area contributed by atoms with Gasteiger partial charge in [-0.3, -0.25) is 0 Å². The van der Waals surface area contributed by atoms with Crippen LogP contribution in [-0.4, -0.2) is 25.9 Å². The SMILES string of the molecule is COc1ccc(S(=O)(=O)C(=O)O)cc1Cl. The van der Waals surface area contributed by atoms with Crippen molar-refractivity contribution in [3.8, 4) is 5.75 Å². The average Bonchev–Trinajstić information content (AvgIpc) is 2.17. The van der Waals surface area contributed by atoms with Crippen molar-refractivity contribution in [1.29, 1.82) is 0 Å². The molecule has 15 heavy (non-hydrogen) atoms. The van der Waals surface area contributed by atoms with Crippen LogP contribution in [0.25, 0.3) is 0 Å². The first-order valence-electron chi connectivity index (χ1n) is 3.71. The van der Waals surface area contributed by atoms with Crippen LogP contribution in [0.1, 0.15) is 0 Å². The summed E-state index contributed by atoms with van der Waals surface area (Å²) in [6, 6.07) is 3.44. The highest BCUT2D eigenvalue weighted by Gasteiger charge is 2.24. The van der Waals surface area contributed by atoms with Gasteiger partial charge in [0.05, 0.1) is 17.0 Å². The van der Waals surface area contributed by atoms with Crippen molar-refractivity contribution in [2.45, 2.75) is 4.90 Å². The van der Waals surface area contributed by atoms with Crippen molar-refractivity contribution in [2.24, 2.45) is 0 Å². The summed E-state index contributed by atoms with van der Waals surface area (Å²) < 4.78 is 27.2. The number of ether oxygens (including phenoxy) is 1. The van der Waals surface area contributed by atoms with Gasteiger partial charge in [0.15, 0.2) is 0 Å². The van der Waals surface area contributed by atoms with Crippen LogP contribution in [0, 0.1) is 0 Å². The molecule has 0 aliphatic carbocycles. The summed E-state index contributed by atoms with van der Waals surface area (Å²) in [4.78, 5) is 10.1. The van der Waals surface area contributed by atoms with Gasteiger partial charge in [0.2, 0.25) is 0 Å². The third-order valence-electron chi connectivity index (χ3n) is 1.66. The molecule has 82 valence electrons. The lowest BCUT2D eigenvalue weighted by atomic mass is 10.3. The molecule has 1 aromatic rings. The van der Waals surface area contributed by atoms with Gasteiger partial charge >= 0.3 is 5.30 Å². The number of methoxy groups -OCH3 is 1. The number of hydrogen-bond acceptors (Lipinski definition) is 4. The van der Waals surface area contributed by atoms with Gasteiger partial charge in [0.1, 0.15) is 5.75 Å². The molecule has 0 radical (unpaired) electrons. The zero-order valence-corrected chi connectivity index (χ0v) is 9.17. The molecule has 0 aliphatic heterocycles. The molecule has 0 saturated carbocycles. The fourth-order valence-electron chi connectivity index (χ4n) is 0.915. The largest absolute Gasteiger partial charge is 0.495 e. The molecular formula is C8H7ClO5S. The minimum absolute atomic E-state index is 0.0415. The van der Waals surface area contributed by atoms with Crippen LogP contribution in [-0.2, 0) is 9.84 Å². The van der Waals surface area contributed by atoms with Gasteiger partial charge in [-0.2, -0.15) is 0 Å². The summed E-state index contributed by atoms with van der Waals surface area (Å²) in [6.45, 7) is 0. The molecule has 5 nitrogen and oxygen atoms in total. The Hall–Kier alpha value is -1.27. The molecule has 0 bridgehead atoms. The molecule has 0 spiro atoms. The Bertz CT molecular complexity index is 494. The van der Waals surface area contributed by atoms with Crippen molar-refractivity contribution in [3.63, 3.8) is 0 Å². The maximum atomic E-state index is 11.2. The molecule has 0 aromatic heterocycles. The number of halogens is 1. The number of carbonyl (C=O) groups is 1. The Morgan fingerprint density at radius 3 is 2.47 bits per heavy atom. The highest BCUT2D eigenvalue weighted by atomic mass is 35.5. The van der Waals surface area contributed by atoms with Crippen LogP contribution in [0.3, 0.4) is 0 Å². The molecule has 0 fully saturated rings. The quantitative estimate of drug-likeness (QED) is 0.866. The molecule has 0 unspecified atom stereocenters. The zero-order chi connectivity index (χ0) is 11.6. The predicted octanol–water partition coefficient (Wildman–Crippen LogP) is 1.80. The van der Waals surface area contributed by atoms with Gasteiger partial charge < -0.3 is 9.84 Å². The van der Waals surface area contributed by atoms with Crippen molar-refractivity contribution < 1.29 is 23.1 Å². The Morgan fingerprint density at radius 2 is 2.07 bits per heavy atom. The zero-order valence-electron chi connectivity index (χ0n) is 7.60. The second kappa shape index (κ2) is 4.08. The first-order valence-corrected chi connectivity index (χ1v) is 5.57. The number of carboxylic acid groups (broad SMARTS) is 1. The number of benzene rings is 1. The third kappa shape index (κ3) is 2.21. The normalized spacial score (nSPS) is 11.1. The summed E-state index contributed by atoms with van der Waals surface area (Å²) >= 11 is 5.66. The van der Waals surface area contributed by atoms with Crippen LogP contribution in [0.15, 0.2) is 23.1 Å². The molecule has 0 atom stereocenters. The standard InChI is InChI=1S/C8H7ClO5S/c1-14-7-3-2-5(4-6(7)9)15(12,13)8(10)11/h2-4H,1H3,(H,10,11). The van der Waals surface area contributed by atoms with Gasteiger partial charge in [-0.1, -0.05) is 11.6 Å². The van der Waals surface area contributed by atoms with E-state index < -0.39 is 15.1 Å². The van der Waals surface area contributed by atoms with E-state index in [-0.39, 0.29) is 15.7 Å². The van der Waals surface area contributed by atoms with E-state index in [1.54, 1.807) is 0 Å². The van der Waals surface area contributed by atoms with Gasteiger partial charge in [0.25, 0.3) is 9.84 Å². The summed E-state index contributed by atoms with van der Waals surface area (Å²) in [5, 5.41) is 6.58. The second-order valence-electron chi connectivity index (χ2n) is 2.57.